The zero-order valence-corrected chi connectivity index (χ0v) is 18.9. The number of hydrogen-bond acceptors (Lipinski definition) is 6. The standard InChI is InChI=1S/C26H27NO7/c1-32-19-8-4-16(5-9-19)12-23-25(29)21-11-10-20(13-22(21)34-23)33-15-24(28)27-14-17-2-6-18(7-3-17)26(30)31/h4-5,8-13,17-18H,2-3,6-7,14-15H2,1H3,(H,27,28)(H,30,31). The largest absolute Gasteiger partial charge is 0.497 e. The Labute approximate surface area is 197 Å². The number of nitrogens with one attached hydrogen (secondary N) is 1. The van der Waals surface area contributed by atoms with Crippen molar-refractivity contribution in [3.63, 3.8) is 0 Å². The van der Waals surface area contributed by atoms with E-state index in [1.165, 1.54) is 0 Å². The van der Waals surface area contributed by atoms with Gasteiger partial charge in [0.05, 0.1) is 18.6 Å². The SMILES string of the molecule is COc1ccc(C=C2Oc3cc(OCC(=O)NCC4CCC(C(=O)O)CC4)ccc3C2=O)cc1. The fourth-order valence-corrected chi connectivity index (χ4v) is 4.18. The lowest BCUT2D eigenvalue weighted by molar-refractivity contribution is -0.143. The summed E-state index contributed by atoms with van der Waals surface area (Å²) in [6, 6.07) is 12.1. The number of carboxylic acids is 1. The van der Waals surface area contributed by atoms with Crippen LogP contribution in [0.2, 0.25) is 0 Å². The van der Waals surface area contributed by atoms with Crippen molar-refractivity contribution in [1.29, 1.82) is 0 Å². The lowest BCUT2D eigenvalue weighted by Crippen LogP contribution is -2.35. The van der Waals surface area contributed by atoms with Gasteiger partial charge in [-0.1, -0.05) is 12.1 Å². The van der Waals surface area contributed by atoms with Gasteiger partial charge in [0.25, 0.3) is 5.91 Å². The molecule has 2 aromatic rings. The van der Waals surface area contributed by atoms with Gasteiger partial charge in [-0.15, -0.1) is 0 Å². The molecule has 1 amide bonds. The molecule has 0 radical (unpaired) electrons. The van der Waals surface area contributed by atoms with Crippen LogP contribution in [0.5, 0.6) is 17.2 Å². The van der Waals surface area contributed by atoms with Crippen LogP contribution in [0.3, 0.4) is 0 Å². The van der Waals surface area contributed by atoms with Gasteiger partial charge in [0.1, 0.15) is 17.2 Å². The zero-order chi connectivity index (χ0) is 24.1. The number of benzene rings is 2. The Hall–Kier alpha value is -3.81. The third-order valence-corrected chi connectivity index (χ3v) is 6.21. The maximum Gasteiger partial charge on any atom is 0.306 e. The highest BCUT2D eigenvalue weighted by Crippen LogP contribution is 2.35. The number of rotatable bonds is 8. The van der Waals surface area contributed by atoms with Gasteiger partial charge >= 0.3 is 5.97 Å². The van der Waals surface area contributed by atoms with E-state index < -0.39 is 5.97 Å². The minimum atomic E-state index is -0.737. The Morgan fingerprint density at radius 1 is 1.09 bits per heavy atom. The van der Waals surface area contributed by atoms with Gasteiger partial charge in [-0.25, -0.2) is 0 Å². The van der Waals surface area contributed by atoms with E-state index in [0.717, 1.165) is 24.2 Å². The van der Waals surface area contributed by atoms with Gasteiger partial charge in [-0.3, -0.25) is 14.4 Å². The van der Waals surface area contributed by atoms with Crippen molar-refractivity contribution in [2.45, 2.75) is 25.7 Å². The van der Waals surface area contributed by atoms with Crippen LogP contribution >= 0.6 is 0 Å². The first-order valence-corrected chi connectivity index (χ1v) is 11.3. The van der Waals surface area contributed by atoms with Gasteiger partial charge in [-0.2, -0.15) is 0 Å². The smallest absolute Gasteiger partial charge is 0.306 e. The zero-order valence-electron chi connectivity index (χ0n) is 18.9. The molecule has 34 heavy (non-hydrogen) atoms. The monoisotopic (exact) mass is 465 g/mol. The van der Waals surface area contributed by atoms with Gasteiger partial charge in [0.15, 0.2) is 12.4 Å². The van der Waals surface area contributed by atoms with Gasteiger partial charge in [-0.05, 0) is 67.5 Å². The van der Waals surface area contributed by atoms with Crippen LogP contribution in [0.1, 0.15) is 41.6 Å². The van der Waals surface area contributed by atoms with Crippen LogP contribution in [-0.2, 0) is 9.59 Å². The number of allylic oxidation sites excluding steroid dienone is 1. The quantitative estimate of drug-likeness (QED) is 0.572. The number of carbonyl (C=O) groups excluding carboxylic acids is 2. The van der Waals surface area contributed by atoms with Crippen molar-refractivity contribution >= 4 is 23.7 Å². The van der Waals surface area contributed by atoms with Crippen molar-refractivity contribution in [1.82, 2.24) is 5.32 Å². The number of amides is 1. The van der Waals surface area contributed by atoms with E-state index in [4.69, 9.17) is 19.3 Å². The van der Waals surface area contributed by atoms with E-state index in [1.54, 1.807) is 43.5 Å². The van der Waals surface area contributed by atoms with Crippen molar-refractivity contribution in [2.75, 3.05) is 20.3 Å². The Bertz CT molecular complexity index is 1100. The predicted octanol–water partition coefficient (Wildman–Crippen LogP) is 3.70. The molecule has 0 unspecified atom stereocenters. The number of fused-ring (bicyclic) bond motifs is 1. The topological polar surface area (TPSA) is 111 Å². The average Bonchev–Trinajstić information content (AvgIpc) is 3.16. The summed E-state index contributed by atoms with van der Waals surface area (Å²) in [5.41, 5.74) is 1.25. The van der Waals surface area contributed by atoms with Crippen LogP contribution in [0.4, 0.5) is 0 Å². The second-order valence-corrected chi connectivity index (χ2v) is 8.52. The first-order chi connectivity index (χ1) is 16.4. The minimum Gasteiger partial charge on any atom is -0.497 e. The van der Waals surface area contributed by atoms with Crippen molar-refractivity contribution in [3.05, 3.63) is 59.4 Å². The van der Waals surface area contributed by atoms with E-state index in [1.807, 2.05) is 12.1 Å². The minimum absolute atomic E-state index is 0.161. The van der Waals surface area contributed by atoms with Crippen molar-refractivity contribution in [2.24, 2.45) is 11.8 Å². The number of aliphatic carboxylic acids is 1. The predicted molar refractivity (Wildman–Crippen MR) is 124 cm³/mol. The molecule has 1 fully saturated rings. The van der Waals surface area contributed by atoms with Gasteiger partial charge in [0, 0.05) is 12.6 Å². The first kappa shape index (κ1) is 23.4. The molecular weight excluding hydrogens is 438 g/mol. The molecule has 1 aliphatic carbocycles. The maximum absolute atomic E-state index is 12.6. The van der Waals surface area contributed by atoms with Crippen LogP contribution in [0, 0.1) is 11.8 Å². The van der Waals surface area contributed by atoms with Crippen LogP contribution in [0.25, 0.3) is 6.08 Å². The van der Waals surface area contributed by atoms with E-state index in [9.17, 15) is 14.4 Å². The molecule has 8 nitrogen and oxygen atoms in total. The molecular formula is C26H27NO7. The number of carbonyl (C=O) groups is 3. The Morgan fingerprint density at radius 3 is 2.47 bits per heavy atom. The Kier molecular flexibility index (Phi) is 7.15. The third-order valence-electron chi connectivity index (χ3n) is 6.21. The highest BCUT2D eigenvalue weighted by molar-refractivity contribution is 6.14. The lowest BCUT2D eigenvalue weighted by Gasteiger charge is -2.26. The summed E-state index contributed by atoms with van der Waals surface area (Å²) in [5.74, 6) is 0.566. The van der Waals surface area contributed by atoms with E-state index in [-0.39, 0.29) is 35.9 Å². The molecule has 2 N–H and O–H groups in total. The van der Waals surface area contributed by atoms with Crippen LogP contribution in [0.15, 0.2) is 48.2 Å². The molecule has 0 atom stereocenters. The number of carboxylic acid groups (broad SMARTS) is 1. The van der Waals surface area contributed by atoms with Gasteiger partial charge < -0.3 is 24.6 Å². The fraction of sp³-hybridized carbons (Fsp3) is 0.346. The lowest BCUT2D eigenvalue weighted by atomic mass is 9.82. The molecule has 8 heteroatoms. The van der Waals surface area contributed by atoms with Crippen LogP contribution < -0.4 is 19.5 Å². The molecule has 1 aliphatic heterocycles. The highest BCUT2D eigenvalue weighted by atomic mass is 16.5. The molecule has 2 aromatic carbocycles. The Morgan fingerprint density at radius 2 is 1.79 bits per heavy atom. The van der Waals surface area contributed by atoms with Crippen molar-refractivity contribution < 1.29 is 33.7 Å². The summed E-state index contributed by atoms with van der Waals surface area (Å²) in [7, 11) is 1.59. The fourth-order valence-electron chi connectivity index (χ4n) is 4.18. The number of Topliss-reactive ketones (excluding diaryl/α,β-unsaturated/α-hetero) is 1. The summed E-state index contributed by atoms with van der Waals surface area (Å²) in [5, 5.41) is 11.9. The molecule has 0 aromatic heterocycles. The van der Waals surface area contributed by atoms with Gasteiger partial charge in [0.2, 0.25) is 5.78 Å². The number of hydrogen-bond donors (Lipinski definition) is 2. The summed E-state index contributed by atoms with van der Waals surface area (Å²) >= 11 is 0. The van der Waals surface area contributed by atoms with E-state index >= 15 is 0 Å². The normalized spacial score (nSPS) is 20.4. The molecule has 0 bridgehead atoms. The molecule has 4 rings (SSSR count). The molecule has 1 saturated carbocycles. The third kappa shape index (κ3) is 5.57. The molecule has 0 spiro atoms. The highest BCUT2D eigenvalue weighted by Gasteiger charge is 2.28. The second-order valence-electron chi connectivity index (χ2n) is 8.52. The molecule has 2 aliphatic rings. The summed E-state index contributed by atoms with van der Waals surface area (Å²) in [6.45, 7) is 0.349. The second kappa shape index (κ2) is 10.4. The summed E-state index contributed by atoms with van der Waals surface area (Å²) in [6.07, 6.45) is 4.55. The number of methoxy groups -OCH3 is 1. The first-order valence-electron chi connectivity index (χ1n) is 11.3. The average molecular weight is 466 g/mol. The van der Waals surface area contributed by atoms with E-state index in [2.05, 4.69) is 5.32 Å². The molecule has 1 heterocycles. The maximum atomic E-state index is 12.6. The Balaban J connectivity index is 1.27. The van der Waals surface area contributed by atoms with Crippen molar-refractivity contribution in [3.8, 4) is 17.2 Å². The summed E-state index contributed by atoms with van der Waals surface area (Å²) < 4.78 is 16.5. The van der Waals surface area contributed by atoms with Crippen LogP contribution in [-0.4, -0.2) is 43.0 Å². The molecule has 0 saturated heterocycles. The summed E-state index contributed by atoms with van der Waals surface area (Å²) in [4.78, 5) is 35.9. The molecule has 178 valence electrons. The number of ether oxygens (including phenoxy) is 3. The van der Waals surface area contributed by atoms with E-state index in [0.29, 0.717) is 36.4 Å². The number of ketones is 1.